The first-order chi connectivity index (χ1) is 17.7. The Morgan fingerprint density at radius 3 is 2.57 bits per heavy atom. The maximum Gasteiger partial charge on any atom is 0.416 e. The highest BCUT2D eigenvalue weighted by Gasteiger charge is 2.33. The number of nitrogens with one attached hydrogen (secondary N) is 1. The van der Waals surface area contributed by atoms with Crippen LogP contribution in [-0.4, -0.2) is 32.7 Å². The number of esters is 1. The van der Waals surface area contributed by atoms with Crippen LogP contribution < -0.4 is 5.32 Å². The fraction of sp³-hybridized carbons (Fsp3) is 0.115. The molecule has 0 bridgehead atoms. The Morgan fingerprint density at radius 2 is 1.84 bits per heavy atom. The Balaban J connectivity index is 1.60. The number of oxazole rings is 1. The van der Waals surface area contributed by atoms with Gasteiger partial charge < -0.3 is 24.1 Å². The number of carbonyl (C=O) groups is 1. The largest absolute Gasteiger partial charge is 0.508 e. The monoisotopic (exact) mass is 508 g/mol. The van der Waals surface area contributed by atoms with E-state index < -0.39 is 17.7 Å². The topological polar surface area (TPSA) is 102 Å². The van der Waals surface area contributed by atoms with Gasteiger partial charge in [-0.25, -0.2) is 14.8 Å². The van der Waals surface area contributed by atoms with E-state index in [-0.39, 0.29) is 35.4 Å². The first-order valence-corrected chi connectivity index (χ1v) is 11.0. The molecule has 37 heavy (non-hydrogen) atoms. The average Bonchev–Trinajstić information content (AvgIpc) is 3.50. The maximum absolute atomic E-state index is 13.7. The number of phenols is 1. The minimum Gasteiger partial charge on any atom is -0.508 e. The molecule has 5 rings (SSSR count). The van der Waals surface area contributed by atoms with Gasteiger partial charge >= 0.3 is 12.1 Å². The van der Waals surface area contributed by atoms with Crippen LogP contribution in [-0.2, 0) is 17.5 Å². The summed E-state index contributed by atoms with van der Waals surface area (Å²) in [5.74, 6) is -0.131. The molecule has 8 nitrogen and oxygen atoms in total. The Morgan fingerprint density at radius 1 is 1.08 bits per heavy atom. The highest BCUT2D eigenvalue weighted by Crippen LogP contribution is 2.34. The van der Waals surface area contributed by atoms with Crippen molar-refractivity contribution in [2.24, 2.45) is 0 Å². The Hall–Kier alpha value is -4.80. The molecule has 0 fully saturated rings. The number of alkyl halides is 3. The summed E-state index contributed by atoms with van der Waals surface area (Å²) in [6, 6.07) is 16.6. The zero-order valence-electron chi connectivity index (χ0n) is 19.3. The summed E-state index contributed by atoms with van der Waals surface area (Å²) in [6.45, 7) is -0.114. The number of imidazole rings is 1. The van der Waals surface area contributed by atoms with Crippen molar-refractivity contribution in [1.29, 1.82) is 0 Å². The number of hydrogen-bond donors (Lipinski definition) is 2. The highest BCUT2D eigenvalue weighted by molar-refractivity contribution is 5.88. The van der Waals surface area contributed by atoms with Crippen LogP contribution >= 0.6 is 0 Å². The van der Waals surface area contributed by atoms with Gasteiger partial charge in [-0.15, -0.1) is 0 Å². The molecular weight excluding hydrogens is 489 g/mol. The maximum atomic E-state index is 13.7. The quantitative estimate of drug-likeness (QED) is 0.214. The molecule has 0 aliphatic heterocycles. The number of aromatic nitrogens is 3. The molecule has 0 atom stereocenters. The molecular formula is C26H19F3N4O4. The molecule has 0 saturated heterocycles. The van der Waals surface area contributed by atoms with Crippen LogP contribution in [0, 0.1) is 0 Å². The van der Waals surface area contributed by atoms with Crippen molar-refractivity contribution in [1.82, 2.24) is 14.5 Å². The second kappa shape index (κ2) is 9.34. The van der Waals surface area contributed by atoms with Crippen molar-refractivity contribution in [3.63, 3.8) is 0 Å². The third-order valence-electron chi connectivity index (χ3n) is 5.67. The molecule has 188 valence electrons. The third kappa shape index (κ3) is 4.83. The average molecular weight is 508 g/mol. The molecule has 0 radical (unpaired) electrons. The molecule has 3 aromatic carbocycles. The van der Waals surface area contributed by atoms with Crippen LogP contribution in [0.15, 0.2) is 77.4 Å². The van der Waals surface area contributed by atoms with Crippen LogP contribution in [0.25, 0.3) is 22.5 Å². The van der Waals surface area contributed by atoms with E-state index in [0.717, 1.165) is 6.07 Å². The molecule has 11 heteroatoms. The second-order valence-electron chi connectivity index (χ2n) is 8.08. The van der Waals surface area contributed by atoms with Gasteiger partial charge in [-0.05, 0) is 54.1 Å². The number of hydrogen-bond acceptors (Lipinski definition) is 7. The van der Waals surface area contributed by atoms with E-state index in [2.05, 4.69) is 20.0 Å². The van der Waals surface area contributed by atoms with E-state index in [9.17, 15) is 23.1 Å². The normalized spacial score (nSPS) is 11.6. The van der Waals surface area contributed by atoms with Crippen molar-refractivity contribution in [2.45, 2.75) is 12.7 Å². The van der Waals surface area contributed by atoms with E-state index in [1.807, 2.05) is 0 Å². The number of methoxy groups -OCH3 is 1. The van der Waals surface area contributed by atoms with Crippen molar-refractivity contribution < 1.29 is 32.2 Å². The minimum atomic E-state index is -4.52. The number of carbonyl (C=O) groups excluding carboxylic acids is 1. The van der Waals surface area contributed by atoms with Gasteiger partial charge in [0.15, 0.2) is 5.69 Å². The summed E-state index contributed by atoms with van der Waals surface area (Å²) in [5.41, 5.74) is 1.44. The zero-order valence-corrected chi connectivity index (χ0v) is 19.3. The van der Waals surface area contributed by atoms with Crippen LogP contribution in [0.1, 0.15) is 21.6 Å². The lowest BCUT2D eigenvalue weighted by molar-refractivity contribution is -0.138. The van der Waals surface area contributed by atoms with Gasteiger partial charge in [0.05, 0.1) is 30.3 Å². The first-order valence-electron chi connectivity index (χ1n) is 11.0. The van der Waals surface area contributed by atoms with Crippen molar-refractivity contribution in [3.05, 3.63) is 89.8 Å². The number of aromatic hydroxyl groups is 1. The number of rotatable bonds is 6. The summed E-state index contributed by atoms with van der Waals surface area (Å²) in [7, 11) is 1.23. The summed E-state index contributed by atoms with van der Waals surface area (Å²) in [5, 5.41) is 12.7. The summed E-state index contributed by atoms with van der Waals surface area (Å²) in [6.07, 6.45) is -3.34. The molecule has 2 heterocycles. The smallest absolute Gasteiger partial charge is 0.416 e. The number of anilines is 2. The van der Waals surface area contributed by atoms with Gasteiger partial charge in [-0.2, -0.15) is 13.2 Å². The van der Waals surface area contributed by atoms with E-state index in [0.29, 0.717) is 22.3 Å². The highest BCUT2D eigenvalue weighted by atomic mass is 19.4. The second-order valence-corrected chi connectivity index (χ2v) is 8.08. The van der Waals surface area contributed by atoms with Crippen molar-refractivity contribution in [2.75, 3.05) is 12.4 Å². The van der Waals surface area contributed by atoms with Gasteiger partial charge in [0.2, 0.25) is 11.8 Å². The fourth-order valence-corrected chi connectivity index (χ4v) is 3.90. The minimum absolute atomic E-state index is 0.00145. The Bertz CT molecular complexity index is 1590. The molecule has 0 saturated carbocycles. The zero-order chi connectivity index (χ0) is 26.2. The van der Waals surface area contributed by atoms with E-state index in [1.54, 1.807) is 41.0 Å². The Labute approximate surface area is 208 Å². The standard InChI is InChI=1S/C26H19F3N4O4/c1-36-24(35)21-14-37-23(31-21)15-6-11-22-20(12-15)32-25(30-17-7-9-18(34)10-8-17)33(22)13-16-4-2-3-5-19(16)26(27,28)29/h2-12,14,34H,13H2,1H3,(H,30,32). The molecule has 0 amide bonds. The number of phenolic OH excluding ortho intramolecular Hbond substituents is 1. The number of benzene rings is 3. The summed E-state index contributed by atoms with van der Waals surface area (Å²) >= 11 is 0. The summed E-state index contributed by atoms with van der Waals surface area (Å²) < 4.78 is 52.7. The number of halogens is 3. The molecule has 0 spiro atoms. The van der Waals surface area contributed by atoms with E-state index >= 15 is 0 Å². The lowest BCUT2D eigenvalue weighted by atomic mass is 10.1. The van der Waals surface area contributed by atoms with Gasteiger partial charge in [0.25, 0.3) is 0 Å². The molecule has 0 aliphatic rings. The predicted octanol–water partition coefficient (Wildman–Crippen LogP) is 5.99. The van der Waals surface area contributed by atoms with Crippen LogP contribution in [0.2, 0.25) is 0 Å². The number of ether oxygens (including phenoxy) is 1. The predicted molar refractivity (Wildman–Crippen MR) is 129 cm³/mol. The van der Waals surface area contributed by atoms with E-state index in [1.165, 1.54) is 37.6 Å². The molecule has 5 aromatic rings. The molecule has 0 aliphatic carbocycles. The van der Waals surface area contributed by atoms with Crippen LogP contribution in [0.3, 0.4) is 0 Å². The number of fused-ring (bicyclic) bond motifs is 1. The fourth-order valence-electron chi connectivity index (χ4n) is 3.90. The molecule has 0 unspecified atom stereocenters. The Kier molecular flexibility index (Phi) is 6.04. The molecule has 2 N–H and O–H groups in total. The van der Waals surface area contributed by atoms with Crippen LogP contribution in [0.5, 0.6) is 5.75 Å². The lowest BCUT2D eigenvalue weighted by Gasteiger charge is -2.16. The summed E-state index contributed by atoms with van der Waals surface area (Å²) in [4.78, 5) is 20.5. The van der Waals surface area contributed by atoms with Gasteiger partial charge in [-0.1, -0.05) is 18.2 Å². The first kappa shape index (κ1) is 23.9. The van der Waals surface area contributed by atoms with Gasteiger partial charge in [0.1, 0.15) is 12.0 Å². The number of nitrogens with zero attached hydrogens (tertiary/aromatic N) is 3. The van der Waals surface area contributed by atoms with E-state index in [4.69, 9.17) is 4.42 Å². The van der Waals surface area contributed by atoms with Crippen molar-refractivity contribution >= 4 is 28.6 Å². The lowest BCUT2D eigenvalue weighted by Crippen LogP contribution is -2.12. The van der Waals surface area contributed by atoms with Crippen LogP contribution in [0.4, 0.5) is 24.8 Å². The van der Waals surface area contributed by atoms with Crippen molar-refractivity contribution in [3.8, 4) is 17.2 Å². The molecule has 2 aromatic heterocycles. The third-order valence-corrected chi connectivity index (χ3v) is 5.67. The van der Waals surface area contributed by atoms with Gasteiger partial charge in [-0.3, -0.25) is 0 Å². The van der Waals surface area contributed by atoms with Gasteiger partial charge in [0, 0.05) is 11.3 Å². The SMILES string of the molecule is COC(=O)c1coc(-c2ccc3c(c2)nc(Nc2ccc(O)cc2)n3Cc2ccccc2C(F)(F)F)n1.